The Morgan fingerprint density at radius 1 is 0.893 bits per heavy atom. The van der Waals surface area contributed by atoms with Gasteiger partial charge in [-0.15, -0.1) is 0 Å². The average Bonchev–Trinajstić information content (AvgIpc) is 2.71. The predicted molar refractivity (Wildman–Crippen MR) is 120 cm³/mol. The molecule has 1 aromatic rings. The van der Waals surface area contributed by atoms with Gasteiger partial charge >= 0.3 is 0 Å². The molecule has 0 aliphatic heterocycles. The molecule has 0 atom stereocenters. The first-order chi connectivity index (χ1) is 13.8. The summed E-state index contributed by atoms with van der Waals surface area (Å²) in [6, 6.07) is 3.75. The Hall–Kier alpha value is -1.71. The van der Waals surface area contributed by atoms with Crippen LogP contribution in [0, 0.1) is 0 Å². The number of nitrogens with zero attached hydrogens (tertiary/aromatic N) is 2. The molecule has 4 nitrogen and oxygen atoms in total. The maximum absolute atomic E-state index is 11.7. The molecule has 4 heteroatoms. The number of unbranched alkanes of at least 4 members (excludes halogenated alkanes) is 14. The number of carbonyl (C=O) groups is 1. The van der Waals surface area contributed by atoms with E-state index in [0.29, 0.717) is 6.42 Å². The molecule has 0 saturated carbocycles. The summed E-state index contributed by atoms with van der Waals surface area (Å²) in [5.41, 5.74) is 3.47. The molecule has 0 unspecified atom stereocenters. The van der Waals surface area contributed by atoms with Gasteiger partial charge in [0.2, 0.25) is 5.91 Å². The SMILES string of the molecule is CCCCCCCCCCCCCCCCCC(=O)N/N=C/c1cccnc1. The number of carbonyl (C=O) groups excluding carboxylic acids is 1. The van der Waals surface area contributed by atoms with Crippen LogP contribution in [0.15, 0.2) is 29.6 Å². The molecular formula is C24H41N3O. The fourth-order valence-electron chi connectivity index (χ4n) is 3.34. The van der Waals surface area contributed by atoms with Crippen molar-refractivity contribution in [1.29, 1.82) is 0 Å². The number of hydrazone groups is 1. The van der Waals surface area contributed by atoms with E-state index in [0.717, 1.165) is 18.4 Å². The second-order valence-electron chi connectivity index (χ2n) is 7.78. The number of nitrogens with one attached hydrogen (secondary N) is 1. The maximum Gasteiger partial charge on any atom is 0.240 e. The summed E-state index contributed by atoms with van der Waals surface area (Å²) < 4.78 is 0. The lowest BCUT2D eigenvalue weighted by atomic mass is 10.0. The van der Waals surface area contributed by atoms with Crippen molar-refractivity contribution in [3.63, 3.8) is 0 Å². The lowest BCUT2D eigenvalue weighted by Gasteiger charge is -2.03. The molecule has 1 heterocycles. The second kappa shape index (κ2) is 18.6. The molecule has 0 aliphatic rings. The standard InChI is InChI=1S/C24H41N3O/c1-2-3-4-5-6-7-8-9-10-11-12-13-14-15-16-19-24(28)27-26-22-23-18-17-20-25-21-23/h17-18,20-22H,2-16,19H2,1H3,(H,27,28)/b26-22+. The minimum absolute atomic E-state index is 0.00478. The molecule has 0 saturated heterocycles. The van der Waals surface area contributed by atoms with Crippen LogP contribution in [0.2, 0.25) is 0 Å². The largest absolute Gasteiger partial charge is 0.273 e. The molecular weight excluding hydrogens is 346 g/mol. The lowest BCUT2D eigenvalue weighted by molar-refractivity contribution is -0.121. The Morgan fingerprint density at radius 2 is 1.43 bits per heavy atom. The highest BCUT2D eigenvalue weighted by molar-refractivity contribution is 5.81. The first kappa shape index (κ1) is 24.3. The number of pyridine rings is 1. The fourth-order valence-corrected chi connectivity index (χ4v) is 3.34. The Morgan fingerprint density at radius 3 is 1.93 bits per heavy atom. The first-order valence-electron chi connectivity index (χ1n) is 11.5. The number of hydrogen-bond donors (Lipinski definition) is 1. The molecule has 1 amide bonds. The molecule has 0 fully saturated rings. The third kappa shape index (κ3) is 15.4. The van der Waals surface area contributed by atoms with E-state index < -0.39 is 0 Å². The van der Waals surface area contributed by atoms with Crippen LogP contribution in [0.1, 0.15) is 115 Å². The van der Waals surface area contributed by atoms with Gasteiger partial charge in [0.05, 0.1) is 6.21 Å². The van der Waals surface area contributed by atoms with Crippen LogP contribution in [0.3, 0.4) is 0 Å². The minimum Gasteiger partial charge on any atom is -0.273 e. The van der Waals surface area contributed by atoms with Crippen molar-refractivity contribution in [2.24, 2.45) is 5.10 Å². The Balaban J connectivity index is 1.80. The molecule has 158 valence electrons. The van der Waals surface area contributed by atoms with Gasteiger partial charge in [-0.1, -0.05) is 103 Å². The van der Waals surface area contributed by atoms with Crippen molar-refractivity contribution in [3.8, 4) is 0 Å². The van der Waals surface area contributed by atoms with E-state index in [1.165, 1.54) is 83.5 Å². The molecule has 1 aromatic heterocycles. The van der Waals surface area contributed by atoms with E-state index in [-0.39, 0.29) is 5.91 Å². The van der Waals surface area contributed by atoms with Gasteiger partial charge < -0.3 is 0 Å². The van der Waals surface area contributed by atoms with Crippen LogP contribution in [0.4, 0.5) is 0 Å². The van der Waals surface area contributed by atoms with Gasteiger partial charge in [-0.3, -0.25) is 9.78 Å². The number of aromatic nitrogens is 1. The van der Waals surface area contributed by atoms with Crippen LogP contribution >= 0.6 is 0 Å². The zero-order valence-electron chi connectivity index (χ0n) is 18.0. The summed E-state index contributed by atoms with van der Waals surface area (Å²) in [6.45, 7) is 2.28. The van der Waals surface area contributed by atoms with Gasteiger partial charge in [0.1, 0.15) is 0 Å². The highest BCUT2D eigenvalue weighted by atomic mass is 16.2. The highest BCUT2D eigenvalue weighted by Gasteiger charge is 1.99. The fraction of sp³-hybridized carbons (Fsp3) is 0.708. The summed E-state index contributed by atoms with van der Waals surface area (Å²) in [6.07, 6.45) is 25.7. The van der Waals surface area contributed by atoms with Gasteiger partial charge in [0.25, 0.3) is 0 Å². The highest BCUT2D eigenvalue weighted by Crippen LogP contribution is 2.13. The van der Waals surface area contributed by atoms with Crippen LogP contribution in [-0.4, -0.2) is 17.1 Å². The molecule has 1 rings (SSSR count). The first-order valence-corrected chi connectivity index (χ1v) is 11.5. The summed E-state index contributed by atoms with van der Waals surface area (Å²) >= 11 is 0. The third-order valence-corrected chi connectivity index (χ3v) is 5.09. The van der Waals surface area contributed by atoms with Crippen molar-refractivity contribution in [3.05, 3.63) is 30.1 Å². The normalized spacial score (nSPS) is 11.2. The topological polar surface area (TPSA) is 54.4 Å². The van der Waals surface area contributed by atoms with Gasteiger partial charge in [0.15, 0.2) is 0 Å². The molecule has 0 bridgehead atoms. The van der Waals surface area contributed by atoms with E-state index in [4.69, 9.17) is 0 Å². The predicted octanol–water partition coefficient (Wildman–Crippen LogP) is 6.79. The third-order valence-electron chi connectivity index (χ3n) is 5.09. The minimum atomic E-state index is -0.00478. The van der Waals surface area contributed by atoms with E-state index >= 15 is 0 Å². The number of amides is 1. The van der Waals surface area contributed by atoms with Crippen LogP contribution in [-0.2, 0) is 4.79 Å². The van der Waals surface area contributed by atoms with E-state index in [2.05, 4.69) is 22.4 Å². The van der Waals surface area contributed by atoms with E-state index in [1.807, 2.05) is 12.1 Å². The number of hydrogen-bond acceptors (Lipinski definition) is 3. The molecule has 0 aromatic carbocycles. The van der Waals surface area contributed by atoms with Crippen molar-refractivity contribution in [2.75, 3.05) is 0 Å². The van der Waals surface area contributed by atoms with E-state index in [9.17, 15) is 4.79 Å². The zero-order chi connectivity index (χ0) is 20.1. The van der Waals surface area contributed by atoms with Crippen LogP contribution in [0.25, 0.3) is 0 Å². The molecule has 0 radical (unpaired) electrons. The summed E-state index contributed by atoms with van der Waals surface area (Å²) in [5, 5.41) is 3.97. The summed E-state index contributed by atoms with van der Waals surface area (Å²) in [5.74, 6) is -0.00478. The van der Waals surface area contributed by atoms with Crippen molar-refractivity contribution in [1.82, 2.24) is 10.4 Å². The Labute approximate surface area is 172 Å². The smallest absolute Gasteiger partial charge is 0.240 e. The number of rotatable bonds is 18. The maximum atomic E-state index is 11.7. The molecule has 0 aliphatic carbocycles. The Kier molecular flexibility index (Phi) is 16.2. The molecule has 0 spiro atoms. The summed E-state index contributed by atoms with van der Waals surface area (Å²) in [4.78, 5) is 15.7. The van der Waals surface area contributed by atoms with Crippen molar-refractivity contribution in [2.45, 2.75) is 110 Å². The monoisotopic (exact) mass is 387 g/mol. The quantitative estimate of drug-likeness (QED) is 0.171. The Bertz CT molecular complexity index is 502. The van der Waals surface area contributed by atoms with Crippen molar-refractivity contribution >= 4 is 12.1 Å². The van der Waals surface area contributed by atoms with Crippen molar-refractivity contribution < 1.29 is 4.79 Å². The van der Waals surface area contributed by atoms with E-state index in [1.54, 1.807) is 18.6 Å². The lowest BCUT2D eigenvalue weighted by Crippen LogP contribution is -2.16. The zero-order valence-corrected chi connectivity index (χ0v) is 18.0. The average molecular weight is 388 g/mol. The van der Waals surface area contributed by atoms with Gasteiger partial charge in [0, 0.05) is 24.4 Å². The van der Waals surface area contributed by atoms with Gasteiger partial charge in [-0.2, -0.15) is 5.10 Å². The van der Waals surface area contributed by atoms with Crippen LogP contribution in [0.5, 0.6) is 0 Å². The second-order valence-corrected chi connectivity index (χ2v) is 7.78. The van der Waals surface area contributed by atoms with Gasteiger partial charge in [-0.05, 0) is 12.5 Å². The molecule has 28 heavy (non-hydrogen) atoms. The summed E-state index contributed by atoms with van der Waals surface area (Å²) in [7, 11) is 0. The van der Waals surface area contributed by atoms with Gasteiger partial charge in [-0.25, -0.2) is 5.43 Å². The van der Waals surface area contributed by atoms with Crippen LogP contribution < -0.4 is 5.43 Å². The molecule has 1 N–H and O–H groups in total.